The number of hydrogen-bond donors (Lipinski definition) is 0. The Morgan fingerprint density at radius 3 is 2.83 bits per heavy atom. The van der Waals surface area contributed by atoms with E-state index in [1.807, 2.05) is 6.07 Å². The SMILES string of the molecule is CCCOc1cccc2c1ccn2CCCOC. The van der Waals surface area contributed by atoms with E-state index < -0.39 is 0 Å². The lowest BCUT2D eigenvalue weighted by Crippen LogP contribution is -2.00. The Hall–Kier alpha value is -1.48. The molecule has 3 nitrogen and oxygen atoms in total. The highest BCUT2D eigenvalue weighted by molar-refractivity contribution is 5.86. The average molecular weight is 247 g/mol. The van der Waals surface area contributed by atoms with E-state index >= 15 is 0 Å². The molecule has 0 spiro atoms. The molecule has 0 bridgehead atoms. The molecule has 1 aromatic heterocycles. The molecule has 0 N–H and O–H groups in total. The number of benzene rings is 1. The van der Waals surface area contributed by atoms with E-state index in [1.165, 1.54) is 10.9 Å². The van der Waals surface area contributed by atoms with Crippen LogP contribution in [-0.4, -0.2) is 24.9 Å². The largest absolute Gasteiger partial charge is 0.493 e. The maximum Gasteiger partial charge on any atom is 0.128 e. The van der Waals surface area contributed by atoms with Crippen LogP contribution in [0.1, 0.15) is 19.8 Å². The zero-order valence-corrected chi connectivity index (χ0v) is 11.2. The van der Waals surface area contributed by atoms with Gasteiger partial charge in [0.15, 0.2) is 0 Å². The minimum atomic E-state index is 0.772. The van der Waals surface area contributed by atoms with Crippen molar-refractivity contribution < 1.29 is 9.47 Å². The number of fused-ring (bicyclic) bond motifs is 1. The molecule has 0 fully saturated rings. The maximum atomic E-state index is 5.77. The van der Waals surface area contributed by atoms with Gasteiger partial charge < -0.3 is 14.0 Å². The molecular formula is C15H21NO2. The molecule has 2 rings (SSSR count). The van der Waals surface area contributed by atoms with Gasteiger partial charge in [-0.1, -0.05) is 13.0 Å². The lowest BCUT2D eigenvalue weighted by atomic mass is 10.2. The third kappa shape index (κ3) is 2.85. The molecule has 0 aliphatic heterocycles. The molecule has 2 aromatic rings. The molecule has 0 aliphatic carbocycles. The monoisotopic (exact) mass is 247 g/mol. The predicted molar refractivity (Wildman–Crippen MR) is 74.2 cm³/mol. The summed E-state index contributed by atoms with van der Waals surface area (Å²) in [5, 5.41) is 1.20. The van der Waals surface area contributed by atoms with Crippen molar-refractivity contribution in [3.8, 4) is 5.75 Å². The first kappa shape index (κ1) is 13.0. The number of rotatable bonds is 7. The highest BCUT2D eigenvalue weighted by atomic mass is 16.5. The van der Waals surface area contributed by atoms with Gasteiger partial charge in [0.1, 0.15) is 5.75 Å². The van der Waals surface area contributed by atoms with Crippen LogP contribution in [0.3, 0.4) is 0 Å². The minimum absolute atomic E-state index is 0.772. The Morgan fingerprint density at radius 2 is 2.06 bits per heavy atom. The summed E-state index contributed by atoms with van der Waals surface area (Å²) in [6.45, 7) is 4.67. The second-order valence-electron chi connectivity index (χ2n) is 4.39. The van der Waals surface area contributed by atoms with Gasteiger partial charge in [-0.05, 0) is 31.0 Å². The van der Waals surface area contributed by atoms with Crippen molar-refractivity contribution in [1.29, 1.82) is 0 Å². The first-order valence-electron chi connectivity index (χ1n) is 6.56. The van der Waals surface area contributed by atoms with Crippen LogP contribution < -0.4 is 4.74 Å². The van der Waals surface area contributed by atoms with Crippen molar-refractivity contribution >= 4 is 10.9 Å². The molecule has 0 unspecified atom stereocenters. The first-order valence-corrected chi connectivity index (χ1v) is 6.56. The van der Waals surface area contributed by atoms with Crippen molar-refractivity contribution in [2.24, 2.45) is 0 Å². The van der Waals surface area contributed by atoms with Crippen LogP contribution in [0.4, 0.5) is 0 Å². The van der Waals surface area contributed by atoms with Crippen molar-refractivity contribution in [2.45, 2.75) is 26.3 Å². The number of aryl methyl sites for hydroxylation is 1. The van der Waals surface area contributed by atoms with Gasteiger partial charge >= 0.3 is 0 Å². The molecule has 0 amide bonds. The molecule has 3 heteroatoms. The van der Waals surface area contributed by atoms with Crippen molar-refractivity contribution in [1.82, 2.24) is 4.57 Å². The van der Waals surface area contributed by atoms with Gasteiger partial charge in [-0.25, -0.2) is 0 Å². The number of methoxy groups -OCH3 is 1. The van der Waals surface area contributed by atoms with Crippen molar-refractivity contribution in [2.75, 3.05) is 20.3 Å². The Bertz CT molecular complexity index is 490. The number of ether oxygens (including phenoxy) is 2. The Kier molecular flexibility index (Phi) is 4.65. The van der Waals surface area contributed by atoms with Gasteiger partial charge in [-0.2, -0.15) is 0 Å². The van der Waals surface area contributed by atoms with Crippen LogP contribution in [0.25, 0.3) is 10.9 Å². The standard InChI is InChI=1S/C15H21NO2/c1-3-11-18-15-7-4-6-14-13(15)8-10-16(14)9-5-12-17-2/h4,6-8,10H,3,5,9,11-12H2,1-2H3. The topological polar surface area (TPSA) is 23.4 Å². The molecule has 0 radical (unpaired) electrons. The Morgan fingerprint density at radius 1 is 1.17 bits per heavy atom. The minimum Gasteiger partial charge on any atom is -0.493 e. The zero-order chi connectivity index (χ0) is 12.8. The zero-order valence-electron chi connectivity index (χ0n) is 11.2. The van der Waals surface area contributed by atoms with Crippen LogP contribution >= 0.6 is 0 Å². The maximum absolute atomic E-state index is 5.77. The lowest BCUT2D eigenvalue weighted by Gasteiger charge is -2.08. The van der Waals surface area contributed by atoms with Crippen LogP contribution in [-0.2, 0) is 11.3 Å². The molecule has 1 heterocycles. The first-order chi connectivity index (χ1) is 8.86. The van der Waals surface area contributed by atoms with Crippen LogP contribution in [0.15, 0.2) is 30.5 Å². The molecule has 0 atom stereocenters. The van der Waals surface area contributed by atoms with Gasteiger partial charge in [0.2, 0.25) is 0 Å². The van der Waals surface area contributed by atoms with Gasteiger partial charge in [-0.3, -0.25) is 0 Å². The third-order valence-corrected chi connectivity index (χ3v) is 2.98. The van der Waals surface area contributed by atoms with Gasteiger partial charge in [0.25, 0.3) is 0 Å². The molecule has 0 saturated carbocycles. The number of nitrogens with zero attached hydrogens (tertiary/aromatic N) is 1. The summed E-state index contributed by atoms with van der Waals surface area (Å²) < 4.78 is 13.1. The summed E-state index contributed by atoms with van der Waals surface area (Å²) >= 11 is 0. The quantitative estimate of drug-likeness (QED) is 0.699. The Labute approximate surface area is 108 Å². The smallest absolute Gasteiger partial charge is 0.128 e. The summed E-state index contributed by atoms with van der Waals surface area (Å²) in [6.07, 6.45) is 4.18. The fourth-order valence-electron chi connectivity index (χ4n) is 2.11. The number of hydrogen-bond acceptors (Lipinski definition) is 2. The van der Waals surface area contributed by atoms with Crippen molar-refractivity contribution in [3.63, 3.8) is 0 Å². The van der Waals surface area contributed by atoms with Gasteiger partial charge in [0.05, 0.1) is 12.1 Å². The summed E-state index contributed by atoms with van der Waals surface area (Å²) in [5.74, 6) is 0.986. The molecule has 18 heavy (non-hydrogen) atoms. The highest BCUT2D eigenvalue weighted by Gasteiger charge is 2.05. The molecule has 1 aromatic carbocycles. The summed E-state index contributed by atoms with van der Waals surface area (Å²) in [7, 11) is 1.74. The van der Waals surface area contributed by atoms with E-state index in [2.05, 4.69) is 35.9 Å². The molecule has 98 valence electrons. The lowest BCUT2D eigenvalue weighted by molar-refractivity contribution is 0.190. The molecular weight excluding hydrogens is 226 g/mol. The van der Waals surface area contributed by atoms with E-state index in [-0.39, 0.29) is 0 Å². The second kappa shape index (κ2) is 6.45. The van der Waals surface area contributed by atoms with E-state index in [1.54, 1.807) is 7.11 Å². The van der Waals surface area contributed by atoms with Gasteiger partial charge in [-0.15, -0.1) is 0 Å². The number of aromatic nitrogens is 1. The van der Waals surface area contributed by atoms with Crippen LogP contribution in [0.2, 0.25) is 0 Å². The highest BCUT2D eigenvalue weighted by Crippen LogP contribution is 2.26. The molecule has 0 saturated heterocycles. The van der Waals surface area contributed by atoms with E-state index in [0.29, 0.717) is 0 Å². The van der Waals surface area contributed by atoms with Gasteiger partial charge in [0, 0.05) is 31.8 Å². The van der Waals surface area contributed by atoms with Crippen LogP contribution in [0, 0.1) is 0 Å². The molecule has 0 aliphatic rings. The fraction of sp³-hybridized carbons (Fsp3) is 0.467. The fourth-order valence-corrected chi connectivity index (χ4v) is 2.11. The van der Waals surface area contributed by atoms with E-state index in [4.69, 9.17) is 9.47 Å². The average Bonchev–Trinajstić information content (AvgIpc) is 2.81. The van der Waals surface area contributed by atoms with E-state index in [0.717, 1.165) is 38.3 Å². The van der Waals surface area contributed by atoms with Crippen molar-refractivity contribution in [3.05, 3.63) is 30.5 Å². The normalized spacial score (nSPS) is 11.0. The second-order valence-corrected chi connectivity index (χ2v) is 4.39. The third-order valence-electron chi connectivity index (χ3n) is 2.98. The predicted octanol–water partition coefficient (Wildman–Crippen LogP) is 3.47. The summed E-state index contributed by atoms with van der Waals surface area (Å²) in [6, 6.07) is 8.37. The Balaban J connectivity index is 2.19. The van der Waals surface area contributed by atoms with Crippen LogP contribution in [0.5, 0.6) is 5.75 Å². The van der Waals surface area contributed by atoms with E-state index in [9.17, 15) is 0 Å². The summed E-state index contributed by atoms with van der Waals surface area (Å²) in [4.78, 5) is 0. The summed E-state index contributed by atoms with van der Waals surface area (Å²) in [5.41, 5.74) is 1.24.